The van der Waals surface area contributed by atoms with E-state index in [4.69, 9.17) is 4.42 Å². The lowest BCUT2D eigenvalue weighted by Gasteiger charge is -2.22. The summed E-state index contributed by atoms with van der Waals surface area (Å²) < 4.78 is 5.31. The zero-order valence-electron chi connectivity index (χ0n) is 9.40. The molecule has 4 nitrogen and oxygen atoms in total. The molecule has 2 unspecified atom stereocenters. The summed E-state index contributed by atoms with van der Waals surface area (Å²) in [7, 11) is 0. The van der Waals surface area contributed by atoms with Gasteiger partial charge in [0.25, 0.3) is 5.91 Å². The van der Waals surface area contributed by atoms with Crippen LogP contribution < -0.4 is 5.32 Å². The van der Waals surface area contributed by atoms with Crippen molar-refractivity contribution in [2.75, 3.05) is 19.6 Å². The molecule has 0 saturated carbocycles. The smallest absolute Gasteiger partial charge is 0.287 e. The van der Waals surface area contributed by atoms with Gasteiger partial charge in [0.2, 0.25) is 0 Å². The summed E-state index contributed by atoms with van der Waals surface area (Å²) in [6.45, 7) is 5.18. The number of nitrogens with one attached hydrogen (secondary N) is 1. The largest absolute Gasteiger partial charge is 0.456 e. The number of fused-ring (bicyclic) bond motifs is 2. The molecule has 3 heterocycles. The fourth-order valence-electron chi connectivity index (χ4n) is 2.74. The molecule has 3 atom stereocenters. The van der Waals surface area contributed by atoms with Crippen molar-refractivity contribution in [3.8, 4) is 0 Å². The first-order valence-electron chi connectivity index (χ1n) is 5.82. The van der Waals surface area contributed by atoms with Crippen molar-refractivity contribution in [3.63, 3.8) is 0 Å². The van der Waals surface area contributed by atoms with Crippen molar-refractivity contribution in [1.29, 1.82) is 0 Å². The zero-order valence-corrected chi connectivity index (χ0v) is 9.40. The van der Waals surface area contributed by atoms with Gasteiger partial charge < -0.3 is 14.6 Å². The fraction of sp³-hybridized carbons (Fsp3) is 0.583. The van der Waals surface area contributed by atoms with Crippen molar-refractivity contribution in [1.82, 2.24) is 10.2 Å². The van der Waals surface area contributed by atoms with Gasteiger partial charge in [0.15, 0.2) is 5.76 Å². The maximum absolute atomic E-state index is 11.9. The first-order valence-corrected chi connectivity index (χ1v) is 5.82. The number of carbonyl (C=O) groups excluding carboxylic acids is 1. The number of furan rings is 1. The topological polar surface area (TPSA) is 45.5 Å². The second-order valence-electron chi connectivity index (χ2n) is 4.80. The lowest BCUT2D eigenvalue weighted by Crippen LogP contribution is -2.43. The maximum atomic E-state index is 11.9. The molecule has 0 radical (unpaired) electrons. The molecule has 2 saturated heterocycles. The van der Waals surface area contributed by atoms with Gasteiger partial charge in [0.1, 0.15) is 5.76 Å². The van der Waals surface area contributed by atoms with Crippen LogP contribution in [0.5, 0.6) is 0 Å². The first kappa shape index (κ1) is 9.90. The van der Waals surface area contributed by atoms with Crippen molar-refractivity contribution in [2.24, 2.45) is 5.92 Å². The van der Waals surface area contributed by atoms with Crippen LogP contribution in [0.3, 0.4) is 0 Å². The maximum Gasteiger partial charge on any atom is 0.287 e. The molecule has 0 aliphatic carbocycles. The summed E-state index contributed by atoms with van der Waals surface area (Å²) in [6, 6.07) is 3.86. The van der Waals surface area contributed by atoms with Crippen molar-refractivity contribution < 1.29 is 9.21 Å². The Balaban J connectivity index is 1.65. The van der Waals surface area contributed by atoms with Crippen LogP contribution >= 0.6 is 0 Å². The van der Waals surface area contributed by atoms with E-state index in [0.717, 1.165) is 18.8 Å². The van der Waals surface area contributed by atoms with E-state index in [2.05, 4.69) is 10.2 Å². The van der Waals surface area contributed by atoms with Crippen molar-refractivity contribution in [2.45, 2.75) is 19.4 Å². The highest BCUT2D eigenvalue weighted by Gasteiger charge is 2.38. The summed E-state index contributed by atoms with van der Waals surface area (Å²) in [4.78, 5) is 14.3. The molecule has 2 fully saturated rings. The molecule has 16 heavy (non-hydrogen) atoms. The summed E-state index contributed by atoms with van der Waals surface area (Å²) >= 11 is 0. The third-order valence-corrected chi connectivity index (χ3v) is 3.61. The summed E-state index contributed by atoms with van der Waals surface area (Å²) in [5.41, 5.74) is 0. The van der Waals surface area contributed by atoms with Crippen LogP contribution in [0.4, 0.5) is 0 Å². The highest BCUT2D eigenvalue weighted by Crippen LogP contribution is 2.27. The number of piperidine rings is 1. The van der Waals surface area contributed by atoms with Crippen LogP contribution in [0.15, 0.2) is 16.5 Å². The number of hydrogen-bond acceptors (Lipinski definition) is 3. The van der Waals surface area contributed by atoms with Crippen molar-refractivity contribution in [3.05, 3.63) is 23.7 Å². The fourth-order valence-corrected chi connectivity index (χ4v) is 2.74. The Morgan fingerprint density at radius 3 is 2.94 bits per heavy atom. The van der Waals surface area contributed by atoms with E-state index in [9.17, 15) is 4.79 Å². The van der Waals surface area contributed by atoms with Gasteiger partial charge in [0.05, 0.1) is 0 Å². The minimum atomic E-state index is -0.0770. The quantitative estimate of drug-likeness (QED) is 0.809. The molecular weight excluding hydrogens is 204 g/mol. The summed E-state index contributed by atoms with van der Waals surface area (Å²) in [6.07, 6.45) is 1.21. The average molecular weight is 220 g/mol. The van der Waals surface area contributed by atoms with Crippen LogP contribution in [0.1, 0.15) is 22.7 Å². The van der Waals surface area contributed by atoms with E-state index in [1.54, 1.807) is 6.07 Å². The highest BCUT2D eigenvalue weighted by atomic mass is 16.3. The van der Waals surface area contributed by atoms with Crippen LogP contribution in [0, 0.1) is 12.8 Å². The Labute approximate surface area is 94.6 Å². The number of rotatable bonds is 2. The molecule has 0 aromatic carbocycles. The average Bonchev–Trinajstić information content (AvgIpc) is 2.92. The molecule has 4 heteroatoms. The van der Waals surface area contributed by atoms with Gasteiger partial charge >= 0.3 is 0 Å². The molecule has 1 N–H and O–H groups in total. The van der Waals surface area contributed by atoms with Crippen molar-refractivity contribution >= 4 is 5.91 Å². The van der Waals surface area contributed by atoms with E-state index in [0.29, 0.717) is 17.7 Å². The number of carbonyl (C=O) groups is 1. The summed E-state index contributed by atoms with van der Waals surface area (Å²) in [5.74, 6) is 1.77. The Kier molecular flexibility index (Phi) is 2.24. The standard InChI is InChI=1S/C12H16N2O2/c1-8-2-3-11(16-8)12(15)13-10-7-14-5-4-9(10)6-14/h2-3,9-10H,4-7H2,1H3,(H,13,15)/t9-,10?/m0/s1. The van der Waals surface area contributed by atoms with Crippen LogP contribution in [0.25, 0.3) is 0 Å². The molecule has 2 aliphatic heterocycles. The molecule has 2 aliphatic rings. The Bertz CT molecular complexity index is 413. The predicted octanol–water partition coefficient (Wildman–Crippen LogP) is 1.02. The van der Waals surface area contributed by atoms with Crippen LogP contribution in [0.2, 0.25) is 0 Å². The SMILES string of the molecule is Cc1ccc(C(=O)NC2CN3CC[C@H]2C3)o1. The number of amides is 1. The van der Waals surface area contributed by atoms with Gasteiger partial charge in [-0.15, -0.1) is 0 Å². The van der Waals surface area contributed by atoms with E-state index in [1.807, 2.05) is 13.0 Å². The summed E-state index contributed by atoms with van der Waals surface area (Å²) in [5, 5.41) is 3.07. The van der Waals surface area contributed by atoms with E-state index in [1.165, 1.54) is 13.0 Å². The Morgan fingerprint density at radius 2 is 2.38 bits per heavy atom. The minimum absolute atomic E-state index is 0.0770. The molecule has 1 aromatic rings. The molecule has 1 amide bonds. The van der Waals surface area contributed by atoms with E-state index < -0.39 is 0 Å². The molecule has 0 spiro atoms. The zero-order chi connectivity index (χ0) is 11.1. The molecular formula is C12H16N2O2. The van der Waals surface area contributed by atoms with E-state index >= 15 is 0 Å². The van der Waals surface area contributed by atoms with Gasteiger partial charge in [-0.1, -0.05) is 0 Å². The normalized spacial score (nSPS) is 31.9. The lowest BCUT2D eigenvalue weighted by atomic mass is 10.00. The Morgan fingerprint density at radius 1 is 1.50 bits per heavy atom. The molecule has 3 rings (SSSR count). The van der Waals surface area contributed by atoms with Gasteiger partial charge in [-0.2, -0.15) is 0 Å². The number of aryl methyl sites for hydroxylation is 1. The molecule has 1 aromatic heterocycles. The monoisotopic (exact) mass is 220 g/mol. The highest BCUT2D eigenvalue weighted by molar-refractivity contribution is 5.91. The molecule has 86 valence electrons. The van der Waals surface area contributed by atoms with Crippen LogP contribution in [-0.2, 0) is 0 Å². The van der Waals surface area contributed by atoms with Gasteiger partial charge in [0, 0.05) is 19.1 Å². The molecule has 2 bridgehead atoms. The third kappa shape index (κ3) is 1.63. The third-order valence-electron chi connectivity index (χ3n) is 3.61. The first-order chi connectivity index (χ1) is 7.72. The second kappa shape index (κ2) is 3.63. The Hall–Kier alpha value is -1.29. The van der Waals surface area contributed by atoms with Crippen LogP contribution in [-0.4, -0.2) is 36.5 Å². The van der Waals surface area contributed by atoms with Gasteiger partial charge in [-0.05, 0) is 37.9 Å². The lowest BCUT2D eigenvalue weighted by molar-refractivity contribution is 0.0895. The van der Waals surface area contributed by atoms with E-state index in [-0.39, 0.29) is 5.91 Å². The second-order valence-corrected chi connectivity index (χ2v) is 4.80. The minimum Gasteiger partial charge on any atom is -0.456 e. The van der Waals surface area contributed by atoms with Gasteiger partial charge in [-0.25, -0.2) is 0 Å². The van der Waals surface area contributed by atoms with Gasteiger partial charge in [-0.3, -0.25) is 4.79 Å². The number of hydrogen-bond donors (Lipinski definition) is 1. The predicted molar refractivity (Wildman–Crippen MR) is 59.2 cm³/mol. The number of nitrogens with zero attached hydrogens (tertiary/aromatic N) is 1.